The van der Waals surface area contributed by atoms with E-state index in [0.717, 1.165) is 37.2 Å². The van der Waals surface area contributed by atoms with Gasteiger partial charge in [0.2, 0.25) is 5.91 Å². The lowest BCUT2D eigenvalue weighted by Gasteiger charge is -2.33. The largest absolute Gasteiger partial charge is 0.465 e. The molecular weight excluding hydrogens is 358 g/mol. The number of methoxy groups -OCH3 is 1. The van der Waals surface area contributed by atoms with Crippen molar-refractivity contribution in [2.24, 2.45) is 29.1 Å². The van der Waals surface area contributed by atoms with Gasteiger partial charge in [-0.2, -0.15) is 0 Å². The number of carbonyl (C=O) groups is 2. The Hall–Kier alpha value is -1.36. The molecule has 0 unspecified atom stereocenters. The maximum Gasteiger partial charge on any atom is 0.341 e. The Labute approximate surface area is 166 Å². The van der Waals surface area contributed by atoms with Crippen LogP contribution in [0.25, 0.3) is 0 Å². The van der Waals surface area contributed by atoms with Crippen LogP contribution in [0.3, 0.4) is 0 Å². The second-order valence-corrected chi connectivity index (χ2v) is 10.9. The van der Waals surface area contributed by atoms with Crippen LogP contribution in [-0.4, -0.2) is 19.0 Å². The highest BCUT2D eigenvalue weighted by Gasteiger charge is 2.43. The fourth-order valence-electron chi connectivity index (χ4n) is 5.50. The number of ether oxygens (including phenoxy) is 1. The van der Waals surface area contributed by atoms with Crippen molar-refractivity contribution < 1.29 is 14.3 Å². The minimum atomic E-state index is -0.315. The molecule has 1 aromatic rings. The normalized spacial score (nSPS) is 29.5. The molecular formula is C22H31NO3S. The summed E-state index contributed by atoms with van der Waals surface area (Å²) in [7, 11) is 1.43. The molecule has 1 heterocycles. The van der Waals surface area contributed by atoms with E-state index in [2.05, 4.69) is 26.1 Å². The van der Waals surface area contributed by atoms with Gasteiger partial charge in [-0.15, -0.1) is 11.3 Å². The smallest absolute Gasteiger partial charge is 0.341 e. The van der Waals surface area contributed by atoms with Gasteiger partial charge in [-0.05, 0) is 67.3 Å². The van der Waals surface area contributed by atoms with Crippen molar-refractivity contribution >= 4 is 28.2 Å². The molecule has 5 heteroatoms. The minimum absolute atomic E-state index is 0.110. The molecule has 0 aromatic carbocycles. The van der Waals surface area contributed by atoms with Crippen LogP contribution in [0.4, 0.5) is 5.00 Å². The molecule has 27 heavy (non-hydrogen) atoms. The fraction of sp³-hybridized carbons (Fsp3) is 0.727. The number of rotatable bonds is 3. The van der Waals surface area contributed by atoms with Crippen molar-refractivity contribution in [3.8, 4) is 0 Å². The Morgan fingerprint density at radius 3 is 2.52 bits per heavy atom. The van der Waals surface area contributed by atoms with E-state index in [0.29, 0.717) is 22.4 Å². The SMILES string of the molecule is COC(=O)c1c(NC(=O)[C@H]2C[C@H]3CC[C@@H]2C3)sc2c1CC[C@H](C(C)(C)C)C2. The molecule has 0 aliphatic heterocycles. The summed E-state index contributed by atoms with van der Waals surface area (Å²) in [6, 6.07) is 0. The van der Waals surface area contributed by atoms with Crippen LogP contribution in [0.5, 0.6) is 0 Å². The second kappa shape index (κ2) is 6.91. The lowest BCUT2D eigenvalue weighted by molar-refractivity contribution is -0.121. The topological polar surface area (TPSA) is 55.4 Å². The van der Waals surface area contributed by atoms with Crippen molar-refractivity contribution in [1.29, 1.82) is 0 Å². The average Bonchev–Trinajstić information content (AvgIpc) is 3.33. The third-order valence-corrected chi connectivity index (χ3v) is 8.36. The predicted octanol–water partition coefficient (Wildman–Crippen LogP) is 5.06. The second-order valence-electron chi connectivity index (χ2n) is 9.78. The van der Waals surface area contributed by atoms with E-state index in [-0.39, 0.29) is 23.2 Å². The number of hydrogen-bond acceptors (Lipinski definition) is 4. The van der Waals surface area contributed by atoms with Gasteiger partial charge in [0.1, 0.15) is 5.00 Å². The van der Waals surface area contributed by atoms with Crippen molar-refractivity contribution in [2.75, 3.05) is 12.4 Å². The summed E-state index contributed by atoms with van der Waals surface area (Å²) >= 11 is 1.60. The zero-order chi connectivity index (χ0) is 19.3. The first-order valence-corrected chi connectivity index (χ1v) is 11.1. The Morgan fingerprint density at radius 1 is 1.15 bits per heavy atom. The molecule has 1 N–H and O–H groups in total. The molecule has 4 rings (SSSR count). The van der Waals surface area contributed by atoms with Crippen LogP contribution in [-0.2, 0) is 22.4 Å². The van der Waals surface area contributed by atoms with Gasteiger partial charge < -0.3 is 10.1 Å². The first-order valence-electron chi connectivity index (χ1n) is 10.3. The number of anilines is 1. The third kappa shape index (κ3) is 3.43. The van der Waals surface area contributed by atoms with Gasteiger partial charge >= 0.3 is 5.97 Å². The van der Waals surface area contributed by atoms with E-state index in [9.17, 15) is 9.59 Å². The summed E-state index contributed by atoms with van der Waals surface area (Å²) in [5, 5.41) is 3.86. The van der Waals surface area contributed by atoms with Crippen LogP contribution in [0.2, 0.25) is 0 Å². The number of hydrogen-bond donors (Lipinski definition) is 1. The maximum absolute atomic E-state index is 12.9. The molecule has 4 atom stereocenters. The summed E-state index contributed by atoms with van der Waals surface area (Å²) in [5.41, 5.74) is 1.97. The number of thiophene rings is 1. The third-order valence-electron chi connectivity index (χ3n) is 7.19. The van der Waals surface area contributed by atoms with E-state index in [1.807, 2.05) is 0 Å². The van der Waals surface area contributed by atoms with Crippen molar-refractivity contribution in [1.82, 2.24) is 0 Å². The Balaban J connectivity index is 1.59. The lowest BCUT2D eigenvalue weighted by Crippen LogP contribution is -2.28. The molecule has 2 fully saturated rings. The van der Waals surface area contributed by atoms with Crippen LogP contribution >= 0.6 is 11.3 Å². The van der Waals surface area contributed by atoms with Gasteiger partial charge in [0.15, 0.2) is 0 Å². The average molecular weight is 390 g/mol. The zero-order valence-corrected chi connectivity index (χ0v) is 17.7. The van der Waals surface area contributed by atoms with Gasteiger partial charge in [0.05, 0.1) is 12.7 Å². The quantitative estimate of drug-likeness (QED) is 0.735. The van der Waals surface area contributed by atoms with Gasteiger partial charge in [0, 0.05) is 10.8 Å². The molecule has 2 bridgehead atoms. The van der Waals surface area contributed by atoms with Crippen molar-refractivity contribution in [3.63, 3.8) is 0 Å². The molecule has 0 spiro atoms. The summed E-state index contributed by atoms with van der Waals surface area (Å²) < 4.78 is 5.07. The molecule has 1 amide bonds. The summed E-state index contributed by atoms with van der Waals surface area (Å²) in [5.74, 6) is 1.79. The molecule has 3 aliphatic rings. The highest BCUT2D eigenvalue weighted by Crippen LogP contribution is 2.49. The molecule has 1 aromatic heterocycles. The number of esters is 1. The summed E-state index contributed by atoms with van der Waals surface area (Å²) in [6.07, 6.45) is 7.64. The van der Waals surface area contributed by atoms with Crippen molar-refractivity contribution in [3.05, 3.63) is 16.0 Å². The van der Waals surface area contributed by atoms with Gasteiger partial charge in [-0.1, -0.05) is 27.2 Å². The highest BCUT2D eigenvalue weighted by atomic mass is 32.1. The van der Waals surface area contributed by atoms with Gasteiger partial charge in [0.25, 0.3) is 0 Å². The van der Waals surface area contributed by atoms with Crippen LogP contribution in [0, 0.1) is 29.1 Å². The van der Waals surface area contributed by atoms with Gasteiger partial charge in [-0.25, -0.2) is 4.79 Å². The highest BCUT2D eigenvalue weighted by molar-refractivity contribution is 7.17. The van der Waals surface area contributed by atoms with E-state index >= 15 is 0 Å². The van der Waals surface area contributed by atoms with Gasteiger partial charge in [-0.3, -0.25) is 4.79 Å². The summed E-state index contributed by atoms with van der Waals surface area (Å²) in [4.78, 5) is 26.7. The maximum atomic E-state index is 12.9. The molecule has 2 saturated carbocycles. The minimum Gasteiger partial charge on any atom is -0.465 e. The van der Waals surface area contributed by atoms with E-state index in [1.165, 1.54) is 31.2 Å². The Bertz CT molecular complexity index is 760. The van der Waals surface area contributed by atoms with Crippen molar-refractivity contribution in [2.45, 2.75) is 65.7 Å². The number of nitrogens with one attached hydrogen (secondary N) is 1. The molecule has 0 saturated heterocycles. The molecule has 4 nitrogen and oxygen atoms in total. The molecule has 148 valence electrons. The number of carbonyl (C=O) groups excluding carboxylic acids is 2. The lowest BCUT2D eigenvalue weighted by atomic mass is 9.72. The Kier molecular flexibility index (Phi) is 4.86. The van der Waals surface area contributed by atoms with Crippen LogP contribution in [0.15, 0.2) is 0 Å². The first-order chi connectivity index (χ1) is 12.8. The van der Waals surface area contributed by atoms with Crippen LogP contribution < -0.4 is 5.32 Å². The predicted molar refractivity (Wildman–Crippen MR) is 108 cm³/mol. The van der Waals surface area contributed by atoms with E-state index < -0.39 is 0 Å². The molecule has 3 aliphatic carbocycles. The van der Waals surface area contributed by atoms with E-state index in [4.69, 9.17) is 4.74 Å². The summed E-state index contributed by atoms with van der Waals surface area (Å²) in [6.45, 7) is 6.86. The first kappa shape index (κ1) is 19.0. The number of amides is 1. The van der Waals surface area contributed by atoms with Crippen LogP contribution in [0.1, 0.15) is 73.7 Å². The zero-order valence-electron chi connectivity index (χ0n) is 16.9. The monoisotopic (exact) mass is 389 g/mol. The number of fused-ring (bicyclic) bond motifs is 3. The van der Waals surface area contributed by atoms with E-state index in [1.54, 1.807) is 11.3 Å². The Morgan fingerprint density at radius 2 is 1.93 bits per heavy atom. The fourth-order valence-corrected chi connectivity index (χ4v) is 6.82. The standard InChI is InChI=1S/C22H31NO3S/c1-22(2,3)14-7-8-15-17(11-14)27-20(18(15)21(25)26-4)23-19(24)16-10-12-5-6-13(16)9-12/h12-14,16H,5-11H2,1-4H3,(H,23,24)/t12-,13+,14-,16-/m0/s1. The molecule has 0 radical (unpaired) electrons.